The summed E-state index contributed by atoms with van der Waals surface area (Å²) >= 11 is 1.66. The van der Waals surface area contributed by atoms with E-state index in [4.69, 9.17) is 0 Å². The van der Waals surface area contributed by atoms with Gasteiger partial charge in [-0.15, -0.1) is 28.1 Å². The van der Waals surface area contributed by atoms with Crippen LogP contribution in [0.4, 0.5) is 17.1 Å². The summed E-state index contributed by atoms with van der Waals surface area (Å²) in [5.74, 6) is 0.888. The zero-order chi connectivity index (χ0) is 24.1. The SMILES string of the molecule is C[N+]1=C=[N+](c2[c-]c(Sc3[c-]c4c(cc3)c3ccccc3n4-c3ccccn3)ccc2)c2ccccc21.[Pt+2]. The Kier molecular flexibility index (Phi) is 6.14. The van der Waals surface area contributed by atoms with Gasteiger partial charge in [0, 0.05) is 23.8 Å². The van der Waals surface area contributed by atoms with Gasteiger partial charge in [-0.1, -0.05) is 68.1 Å². The Morgan fingerprint density at radius 2 is 1.54 bits per heavy atom. The fourth-order valence-corrected chi connectivity index (χ4v) is 5.60. The second-order valence-corrected chi connectivity index (χ2v) is 9.69. The number of benzene rings is 4. The third kappa shape index (κ3) is 4.06. The minimum Gasteiger partial charge on any atom is -0.319 e. The summed E-state index contributed by atoms with van der Waals surface area (Å²) in [6, 6.07) is 44.0. The normalized spacial score (nSPS) is 12.2. The van der Waals surface area contributed by atoms with Crippen molar-refractivity contribution < 1.29 is 25.6 Å². The molecule has 178 valence electrons. The molecular weight excluding hydrogens is 656 g/mol. The molecule has 0 saturated heterocycles. The predicted octanol–water partition coefficient (Wildman–Crippen LogP) is 7.22. The number of hydrogen-bond donors (Lipinski definition) is 0. The van der Waals surface area contributed by atoms with Gasteiger partial charge in [0.05, 0.1) is 0 Å². The van der Waals surface area contributed by atoms with Gasteiger partial charge in [-0.25, -0.2) is 4.98 Å². The van der Waals surface area contributed by atoms with Crippen molar-refractivity contribution in [3.63, 3.8) is 0 Å². The minimum absolute atomic E-state index is 0. The van der Waals surface area contributed by atoms with Crippen LogP contribution in [0, 0.1) is 12.1 Å². The fourth-order valence-electron chi connectivity index (χ4n) is 4.78. The molecule has 0 N–H and O–H groups in total. The molecule has 3 heterocycles. The summed E-state index contributed by atoms with van der Waals surface area (Å²) in [6.07, 6.45) is 1.83. The molecule has 0 radical (unpaired) electrons. The molecule has 37 heavy (non-hydrogen) atoms. The Balaban J connectivity index is 0.00000252. The zero-order valence-corrected chi connectivity index (χ0v) is 22.9. The second kappa shape index (κ2) is 9.61. The van der Waals surface area contributed by atoms with Crippen LogP contribution < -0.4 is 4.58 Å². The van der Waals surface area contributed by atoms with Gasteiger partial charge in [0.25, 0.3) is 11.4 Å². The van der Waals surface area contributed by atoms with E-state index >= 15 is 0 Å². The Hall–Kier alpha value is -3.75. The van der Waals surface area contributed by atoms with Crippen molar-refractivity contribution in [1.29, 1.82) is 0 Å². The third-order valence-electron chi connectivity index (χ3n) is 6.38. The van der Waals surface area contributed by atoms with Gasteiger partial charge in [-0.05, 0) is 23.6 Å². The molecule has 4 nitrogen and oxygen atoms in total. The number of aromatic nitrogens is 2. The summed E-state index contributed by atoms with van der Waals surface area (Å²) in [4.78, 5) is 6.68. The molecule has 0 atom stereocenters. The van der Waals surface area contributed by atoms with Gasteiger partial charge in [0.1, 0.15) is 11.5 Å². The summed E-state index contributed by atoms with van der Waals surface area (Å²) in [5.41, 5.74) is 5.34. The summed E-state index contributed by atoms with van der Waals surface area (Å²) in [7, 11) is 2.02. The van der Waals surface area contributed by atoms with Crippen molar-refractivity contribution in [2.75, 3.05) is 7.05 Å². The average molecular weight is 676 g/mol. The second-order valence-electron chi connectivity index (χ2n) is 8.61. The van der Waals surface area contributed by atoms with Gasteiger partial charge in [0.2, 0.25) is 0 Å². The molecular formula is C31H20N4PtS+2. The number of hydrogen-bond acceptors (Lipinski definition) is 2. The van der Waals surface area contributed by atoms with Crippen LogP contribution in [-0.4, -0.2) is 27.2 Å². The minimum atomic E-state index is 0. The van der Waals surface area contributed by atoms with E-state index in [-0.39, 0.29) is 21.1 Å². The molecule has 0 bridgehead atoms. The van der Waals surface area contributed by atoms with Crippen molar-refractivity contribution in [3.8, 4) is 5.82 Å². The van der Waals surface area contributed by atoms with Crippen LogP contribution in [0.5, 0.6) is 0 Å². The summed E-state index contributed by atoms with van der Waals surface area (Å²) in [5, 5.41) is 2.36. The molecule has 0 amide bonds. The van der Waals surface area contributed by atoms with Crippen LogP contribution >= 0.6 is 11.8 Å². The van der Waals surface area contributed by atoms with Crippen molar-refractivity contribution in [3.05, 3.63) is 115 Å². The van der Waals surface area contributed by atoms with Crippen molar-refractivity contribution in [2.45, 2.75) is 9.79 Å². The van der Waals surface area contributed by atoms with Crippen LogP contribution in [0.2, 0.25) is 0 Å². The monoisotopic (exact) mass is 675 g/mol. The number of fused-ring (bicyclic) bond motifs is 4. The van der Waals surface area contributed by atoms with E-state index in [1.165, 1.54) is 10.8 Å². The third-order valence-corrected chi connectivity index (χ3v) is 7.30. The molecule has 7 rings (SSSR count). The zero-order valence-electron chi connectivity index (χ0n) is 19.8. The molecule has 0 aliphatic carbocycles. The van der Waals surface area contributed by atoms with E-state index in [0.717, 1.165) is 43.7 Å². The first kappa shape index (κ1) is 23.6. The van der Waals surface area contributed by atoms with Crippen LogP contribution in [0.15, 0.2) is 113 Å². The molecule has 0 spiro atoms. The first-order valence-corrected chi connectivity index (χ1v) is 12.5. The molecule has 1 aliphatic heterocycles. The first-order chi connectivity index (χ1) is 17.8. The maximum absolute atomic E-state index is 4.63. The molecule has 6 heteroatoms. The number of pyridine rings is 1. The number of rotatable bonds is 4. The summed E-state index contributed by atoms with van der Waals surface area (Å²) in [6.45, 7) is 0. The smallest absolute Gasteiger partial charge is 0.319 e. The Morgan fingerprint density at radius 1 is 0.757 bits per heavy atom. The van der Waals surface area contributed by atoms with Gasteiger partial charge in [0.15, 0.2) is 7.05 Å². The molecule has 6 aromatic rings. The first-order valence-electron chi connectivity index (χ1n) is 11.7. The Labute approximate surface area is 233 Å². The van der Waals surface area contributed by atoms with Gasteiger partial charge < -0.3 is 4.57 Å². The summed E-state index contributed by atoms with van der Waals surface area (Å²) < 4.78 is 6.27. The van der Waals surface area contributed by atoms with Gasteiger partial charge in [-0.3, -0.25) is 0 Å². The van der Waals surface area contributed by atoms with E-state index in [1.54, 1.807) is 11.8 Å². The molecule has 4 aromatic carbocycles. The van der Waals surface area contributed by atoms with Crippen molar-refractivity contribution >= 4 is 56.6 Å². The van der Waals surface area contributed by atoms with Crippen molar-refractivity contribution in [1.82, 2.24) is 14.1 Å². The van der Waals surface area contributed by atoms with E-state index in [1.807, 2.05) is 42.1 Å². The van der Waals surface area contributed by atoms with Crippen LogP contribution in [-0.2, 0) is 21.1 Å². The van der Waals surface area contributed by atoms with Crippen LogP contribution in [0.25, 0.3) is 27.6 Å². The van der Waals surface area contributed by atoms with E-state index in [2.05, 4.69) is 105 Å². The Morgan fingerprint density at radius 3 is 2.41 bits per heavy atom. The van der Waals surface area contributed by atoms with E-state index < -0.39 is 0 Å². The van der Waals surface area contributed by atoms with Crippen LogP contribution in [0.1, 0.15) is 0 Å². The van der Waals surface area contributed by atoms with Gasteiger partial charge >= 0.3 is 27.1 Å². The van der Waals surface area contributed by atoms with E-state index in [0.29, 0.717) is 0 Å². The maximum Gasteiger partial charge on any atom is 2.00 e. The average Bonchev–Trinajstić information content (AvgIpc) is 3.44. The molecule has 1 aliphatic rings. The number of nitrogens with zero attached hydrogens (tertiary/aromatic N) is 4. The topological polar surface area (TPSA) is 23.8 Å². The quantitative estimate of drug-likeness (QED) is 0.146. The largest absolute Gasteiger partial charge is 2.00 e. The molecule has 0 fully saturated rings. The van der Waals surface area contributed by atoms with Gasteiger partial charge in [-0.2, -0.15) is 24.3 Å². The molecule has 0 unspecified atom stereocenters. The molecule has 2 aromatic heterocycles. The molecule has 0 saturated carbocycles. The maximum atomic E-state index is 4.63. The fraction of sp³-hybridized carbons (Fsp3) is 0.0323. The standard InChI is InChI=1S/C31H20N4S.Pt/c1-33-21-34(29-14-5-4-13-28(29)33)22-9-8-10-23(19-22)36-24-16-17-26-25-11-2-3-12-27(25)35(30(26)20-24)31-15-6-7-18-32-31;/h2-18H,1H3;/q;+2. The predicted molar refractivity (Wildman–Crippen MR) is 146 cm³/mol. The Bertz CT molecular complexity index is 1870. The van der Waals surface area contributed by atoms with E-state index in [9.17, 15) is 0 Å². The number of para-hydroxylation sites is 3. The van der Waals surface area contributed by atoms with Crippen molar-refractivity contribution in [2.24, 2.45) is 0 Å². The van der Waals surface area contributed by atoms with Crippen LogP contribution in [0.3, 0.4) is 0 Å².